The Morgan fingerprint density at radius 1 is 1.17 bits per heavy atom. The summed E-state index contributed by atoms with van der Waals surface area (Å²) in [6.45, 7) is 11.8. The van der Waals surface area contributed by atoms with Crippen LogP contribution < -0.4 is 19.5 Å². The summed E-state index contributed by atoms with van der Waals surface area (Å²) in [4.78, 5) is 0. The van der Waals surface area contributed by atoms with Crippen LogP contribution in [0.5, 0.6) is 17.2 Å². The number of hydrogen-bond acceptors (Lipinski definition) is 5. The molecule has 0 aromatic heterocycles. The third-order valence-electron chi connectivity index (χ3n) is 4.75. The Labute approximate surface area is 174 Å². The molecule has 29 heavy (non-hydrogen) atoms. The zero-order valence-electron chi connectivity index (χ0n) is 18.4. The minimum absolute atomic E-state index is 0.0519. The van der Waals surface area contributed by atoms with Gasteiger partial charge in [0.25, 0.3) is 0 Å². The summed E-state index contributed by atoms with van der Waals surface area (Å²) < 4.78 is 23.8. The highest BCUT2D eigenvalue weighted by Crippen LogP contribution is 2.44. The topological polar surface area (TPSA) is 49.0 Å². The van der Waals surface area contributed by atoms with Gasteiger partial charge in [-0.15, -0.1) is 0 Å². The van der Waals surface area contributed by atoms with E-state index >= 15 is 0 Å². The third-order valence-corrected chi connectivity index (χ3v) is 4.75. The van der Waals surface area contributed by atoms with E-state index in [0.717, 1.165) is 40.4 Å². The van der Waals surface area contributed by atoms with Crippen molar-refractivity contribution in [1.29, 1.82) is 0 Å². The van der Waals surface area contributed by atoms with Gasteiger partial charge in [-0.2, -0.15) is 0 Å². The molecule has 0 radical (unpaired) electrons. The number of benzene rings is 2. The van der Waals surface area contributed by atoms with Crippen LogP contribution in [0.2, 0.25) is 0 Å². The Hall–Kier alpha value is -2.24. The second-order valence-corrected chi connectivity index (χ2v) is 8.32. The first kappa shape index (κ1) is 21.5. The Bertz CT molecular complexity index is 832. The van der Waals surface area contributed by atoms with Gasteiger partial charge in [0.15, 0.2) is 0 Å². The minimum atomic E-state index is -0.212. The summed E-state index contributed by atoms with van der Waals surface area (Å²) in [5.74, 6) is 2.36. The first-order valence-electron chi connectivity index (χ1n) is 10.3. The van der Waals surface area contributed by atoms with Crippen LogP contribution in [0.1, 0.15) is 52.8 Å². The Morgan fingerprint density at radius 3 is 2.59 bits per heavy atom. The lowest BCUT2D eigenvalue weighted by Crippen LogP contribution is -2.36. The highest BCUT2D eigenvalue weighted by molar-refractivity contribution is 5.80. The molecule has 0 amide bonds. The molecule has 2 aromatic rings. The molecule has 0 aliphatic carbocycles. The fourth-order valence-electron chi connectivity index (χ4n) is 3.49. The Morgan fingerprint density at radius 2 is 1.97 bits per heavy atom. The number of hydrogen-bond donors (Lipinski definition) is 1. The summed E-state index contributed by atoms with van der Waals surface area (Å²) in [6, 6.07) is 12.1. The van der Waals surface area contributed by atoms with Crippen molar-refractivity contribution in [3.63, 3.8) is 0 Å². The summed E-state index contributed by atoms with van der Waals surface area (Å²) in [7, 11) is 1.68. The Kier molecular flexibility index (Phi) is 6.70. The maximum atomic E-state index is 6.18. The van der Waals surface area contributed by atoms with E-state index in [-0.39, 0.29) is 17.9 Å². The number of methoxy groups -OCH3 is 1. The van der Waals surface area contributed by atoms with Crippen LogP contribution in [-0.2, 0) is 4.74 Å². The minimum Gasteiger partial charge on any atom is -0.496 e. The van der Waals surface area contributed by atoms with Gasteiger partial charge in [0.05, 0.1) is 26.4 Å². The standard InChI is InChI=1S/C24H33NO4/c1-7-13-27-17-11-12-18(21(14-17)26-6)22-19(23-25-24(4,5)15-28-23)9-8-10-20(22)29-16(2)3/h8-12,14,16,23,25H,7,13,15H2,1-6H3. The van der Waals surface area contributed by atoms with Crippen LogP contribution in [0.3, 0.4) is 0 Å². The predicted molar refractivity (Wildman–Crippen MR) is 116 cm³/mol. The van der Waals surface area contributed by atoms with Crippen molar-refractivity contribution in [3.8, 4) is 28.4 Å². The van der Waals surface area contributed by atoms with E-state index < -0.39 is 0 Å². The second-order valence-electron chi connectivity index (χ2n) is 8.32. The molecule has 0 saturated carbocycles. The molecule has 1 N–H and O–H groups in total. The third kappa shape index (κ3) is 5.03. The largest absolute Gasteiger partial charge is 0.496 e. The van der Waals surface area contributed by atoms with E-state index in [1.165, 1.54) is 0 Å². The van der Waals surface area contributed by atoms with E-state index in [1.807, 2.05) is 44.2 Å². The monoisotopic (exact) mass is 399 g/mol. The zero-order chi connectivity index (χ0) is 21.0. The average molecular weight is 400 g/mol. The quantitative estimate of drug-likeness (QED) is 0.650. The van der Waals surface area contributed by atoms with E-state index in [2.05, 4.69) is 32.2 Å². The zero-order valence-corrected chi connectivity index (χ0v) is 18.4. The molecular weight excluding hydrogens is 366 g/mol. The summed E-state index contributed by atoms with van der Waals surface area (Å²) in [5.41, 5.74) is 2.89. The van der Waals surface area contributed by atoms with Gasteiger partial charge in [0.2, 0.25) is 0 Å². The number of rotatable bonds is 8. The second kappa shape index (κ2) is 9.06. The molecule has 1 fully saturated rings. The molecule has 2 aromatic carbocycles. The molecule has 5 heteroatoms. The molecule has 1 aliphatic rings. The molecule has 158 valence electrons. The van der Waals surface area contributed by atoms with Crippen LogP contribution in [-0.4, -0.2) is 32.0 Å². The van der Waals surface area contributed by atoms with E-state index in [1.54, 1.807) is 7.11 Å². The highest BCUT2D eigenvalue weighted by Gasteiger charge is 2.34. The molecule has 0 spiro atoms. The Balaban J connectivity index is 2.11. The van der Waals surface area contributed by atoms with Gasteiger partial charge in [0, 0.05) is 28.3 Å². The van der Waals surface area contributed by atoms with Crippen molar-refractivity contribution in [2.45, 2.75) is 58.9 Å². The van der Waals surface area contributed by atoms with Gasteiger partial charge < -0.3 is 18.9 Å². The molecule has 1 saturated heterocycles. The summed E-state index contributed by atoms with van der Waals surface area (Å²) in [5, 5.41) is 3.57. The molecule has 1 heterocycles. The smallest absolute Gasteiger partial charge is 0.135 e. The SMILES string of the molecule is CCCOc1ccc(-c2c(OC(C)C)cccc2C2NC(C)(C)CO2)c(OC)c1. The maximum absolute atomic E-state index is 6.18. The van der Waals surface area contributed by atoms with Crippen LogP contribution in [0.25, 0.3) is 11.1 Å². The van der Waals surface area contributed by atoms with Crippen molar-refractivity contribution in [3.05, 3.63) is 42.0 Å². The fraction of sp³-hybridized carbons (Fsp3) is 0.500. The predicted octanol–water partition coefficient (Wildman–Crippen LogP) is 5.34. The first-order chi connectivity index (χ1) is 13.8. The molecule has 5 nitrogen and oxygen atoms in total. The van der Waals surface area contributed by atoms with E-state index in [4.69, 9.17) is 18.9 Å². The normalized spacial score (nSPS) is 18.1. The van der Waals surface area contributed by atoms with Crippen molar-refractivity contribution in [2.75, 3.05) is 20.3 Å². The van der Waals surface area contributed by atoms with Gasteiger partial charge >= 0.3 is 0 Å². The van der Waals surface area contributed by atoms with Gasteiger partial charge in [-0.3, -0.25) is 5.32 Å². The van der Waals surface area contributed by atoms with Crippen molar-refractivity contribution < 1.29 is 18.9 Å². The molecule has 1 unspecified atom stereocenters. The fourth-order valence-corrected chi connectivity index (χ4v) is 3.49. The summed E-state index contributed by atoms with van der Waals surface area (Å²) in [6.07, 6.45) is 0.798. The molecule has 1 atom stereocenters. The molecule has 0 bridgehead atoms. The number of ether oxygens (including phenoxy) is 4. The van der Waals surface area contributed by atoms with Gasteiger partial charge in [-0.05, 0) is 52.3 Å². The number of nitrogens with one attached hydrogen (secondary N) is 1. The van der Waals surface area contributed by atoms with Crippen molar-refractivity contribution >= 4 is 0 Å². The van der Waals surface area contributed by atoms with Crippen LogP contribution in [0.15, 0.2) is 36.4 Å². The van der Waals surface area contributed by atoms with Gasteiger partial charge in [-0.25, -0.2) is 0 Å². The average Bonchev–Trinajstić information content (AvgIpc) is 3.05. The molecule has 1 aliphatic heterocycles. The molecular formula is C24H33NO4. The van der Waals surface area contributed by atoms with E-state index in [9.17, 15) is 0 Å². The van der Waals surface area contributed by atoms with Crippen LogP contribution >= 0.6 is 0 Å². The van der Waals surface area contributed by atoms with Gasteiger partial charge in [0.1, 0.15) is 23.5 Å². The lowest BCUT2D eigenvalue weighted by atomic mass is 9.96. The van der Waals surface area contributed by atoms with Crippen molar-refractivity contribution in [1.82, 2.24) is 5.32 Å². The van der Waals surface area contributed by atoms with Crippen molar-refractivity contribution in [2.24, 2.45) is 0 Å². The van der Waals surface area contributed by atoms with Gasteiger partial charge in [-0.1, -0.05) is 19.1 Å². The maximum Gasteiger partial charge on any atom is 0.135 e. The molecule has 3 rings (SSSR count). The highest BCUT2D eigenvalue weighted by atomic mass is 16.5. The summed E-state index contributed by atoms with van der Waals surface area (Å²) >= 11 is 0. The van der Waals surface area contributed by atoms with E-state index in [0.29, 0.717) is 13.2 Å². The van der Waals surface area contributed by atoms with Crippen LogP contribution in [0.4, 0.5) is 0 Å². The first-order valence-corrected chi connectivity index (χ1v) is 10.3. The van der Waals surface area contributed by atoms with Crippen LogP contribution in [0, 0.1) is 0 Å². The lowest BCUT2D eigenvalue weighted by Gasteiger charge is -2.23. The lowest BCUT2D eigenvalue weighted by molar-refractivity contribution is 0.0990.